The molecule has 0 aromatic heterocycles. The van der Waals surface area contributed by atoms with Crippen LogP contribution in [-0.2, 0) is 6.42 Å². The highest BCUT2D eigenvalue weighted by Crippen LogP contribution is 2.36. The molecule has 0 radical (unpaired) electrons. The summed E-state index contributed by atoms with van der Waals surface area (Å²) in [4.78, 5) is 6.86. The lowest BCUT2D eigenvalue weighted by Crippen LogP contribution is -2.48. The predicted molar refractivity (Wildman–Crippen MR) is 131 cm³/mol. The highest BCUT2D eigenvalue weighted by Gasteiger charge is 2.26. The van der Waals surface area contributed by atoms with E-state index in [4.69, 9.17) is 4.99 Å². The molecule has 156 valence electrons. The first-order chi connectivity index (χ1) is 15.1. The molecule has 1 aliphatic heterocycles. The molecule has 3 aromatic rings. The number of hydrazine groups is 1. The molecule has 0 spiro atoms. The Bertz CT molecular complexity index is 1160. The predicted octanol–water partition coefficient (Wildman–Crippen LogP) is 5.71. The van der Waals surface area contributed by atoms with Crippen LogP contribution in [0.5, 0.6) is 0 Å². The minimum absolute atomic E-state index is 0.616. The summed E-state index contributed by atoms with van der Waals surface area (Å²) in [7, 11) is 0. The van der Waals surface area contributed by atoms with Gasteiger partial charge in [-0.15, -0.1) is 0 Å². The SMILES string of the molecule is C=C(NNC1=Nc2ccccc2C(=C)N1c1ccccc1C)Nc1cccc(CC)c1. The number of nitrogens with zero attached hydrogens (tertiary/aromatic N) is 2. The van der Waals surface area contributed by atoms with E-state index in [9.17, 15) is 0 Å². The number of anilines is 2. The van der Waals surface area contributed by atoms with Crippen LogP contribution in [0.15, 0.2) is 96.8 Å². The van der Waals surface area contributed by atoms with Gasteiger partial charge in [-0.2, -0.15) is 0 Å². The van der Waals surface area contributed by atoms with E-state index in [1.54, 1.807) is 0 Å². The van der Waals surface area contributed by atoms with Gasteiger partial charge in [0.2, 0.25) is 5.96 Å². The topological polar surface area (TPSA) is 51.7 Å². The first kappa shape index (κ1) is 20.3. The lowest BCUT2D eigenvalue weighted by molar-refractivity contribution is 0.762. The maximum atomic E-state index is 4.84. The van der Waals surface area contributed by atoms with Crippen molar-refractivity contribution in [1.82, 2.24) is 10.9 Å². The Morgan fingerprint density at radius 2 is 1.77 bits per heavy atom. The first-order valence-corrected chi connectivity index (χ1v) is 10.4. The molecule has 5 heteroatoms. The normalized spacial score (nSPS) is 12.6. The average Bonchev–Trinajstić information content (AvgIpc) is 2.79. The van der Waals surface area contributed by atoms with E-state index in [1.165, 1.54) is 5.56 Å². The highest BCUT2D eigenvalue weighted by atomic mass is 15.5. The van der Waals surface area contributed by atoms with Crippen molar-refractivity contribution >= 4 is 28.7 Å². The van der Waals surface area contributed by atoms with Crippen LogP contribution < -0.4 is 21.1 Å². The molecule has 0 unspecified atom stereocenters. The van der Waals surface area contributed by atoms with Crippen LogP contribution in [0.4, 0.5) is 17.1 Å². The van der Waals surface area contributed by atoms with E-state index in [2.05, 4.69) is 67.4 Å². The van der Waals surface area contributed by atoms with E-state index >= 15 is 0 Å². The molecular weight excluding hydrogens is 382 g/mol. The van der Waals surface area contributed by atoms with Crippen molar-refractivity contribution in [2.45, 2.75) is 20.3 Å². The number of nitrogens with one attached hydrogen (secondary N) is 3. The zero-order chi connectivity index (χ0) is 21.8. The van der Waals surface area contributed by atoms with Gasteiger partial charge in [0, 0.05) is 11.3 Å². The Hall–Kier alpha value is -3.99. The van der Waals surface area contributed by atoms with Gasteiger partial charge in [0.05, 0.1) is 17.1 Å². The van der Waals surface area contributed by atoms with Gasteiger partial charge in [0.25, 0.3) is 0 Å². The number of fused-ring (bicyclic) bond motifs is 1. The lowest BCUT2D eigenvalue weighted by atomic mass is 10.1. The van der Waals surface area contributed by atoms with Crippen LogP contribution >= 0.6 is 0 Å². The number of para-hydroxylation sites is 2. The fourth-order valence-electron chi connectivity index (χ4n) is 3.59. The molecular formula is C26H27N5. The number of benzene rings is 3. The van der Waals surface area contributed by atoms with Crippen LogP contribution in [0.2, 0.25) is 0 Å². The Morgan fingerprint density at radius 1 is 1.00 bits per heavy atom. The van der Waals surface area contributed by atoms with Gasteiger partial charge >= 0.3 is 0 Å². The fourth-order valence-corrected chi connectivity index (χ4v) is 3.59. The average molecular weight is 410 g/mol. The van der Waals surface area contributed by atoms with Gasteiger partial charge in [-0.05, 0) is 48.7 Å². The van der Waals surface area contributed by atoms with Crippen LogP contribution in [0.25, 0.3) is 5.70 Å². The standard InChI is InChI=1S/C26H27N5/c1-5-21-12-10-13-22(17-21)27-20(4)29-30-26-28-24-15-8-7-14-23(24)19(3)31(26)25-16-9-6-11-18(25)2/h6-17,27,29H,3-5H2,1-2H3,(H,28,30). The summed E-state index contributed by atoms with van der Waals surface area (Å²) in [5.41, 5.74) is 13.5. The van der Waals surface area contributed by atoms with E-state index in [-0.39, 0.29) is 0 Å². The Labute approximate surface area is 183 Å². The van der Waals surface area contributed by atoms with E-state index in [0.29, 0.717) is 11.8 Å². The van der Waals surface area contributed by atoms with Gasteiger partial charge in [-0.25, -0.2) is 4.99 Å². The van der Waals surface area contributed by atoms with Gasteiger partial charge < -0.3 is 5.32 Å². The van der Waals surface area contributed by atoms with Crippen molar-refractivity contribution in [2.75, 3.05) is 10.2 Å². The molecule has 0 bridgehead atoms. The van der Waals surface area contributed by atoms with Gasteiger partial charge in [0.1, 0.15) is 5.82 Å². The minimum Gasteiger partial charge on any atom is -0.341 e. The molecule has 1 aliphatic rings. The Balaban J connectivity index is 1.58. The second-order valence-electron chi connectivity index (χ2n) is 7.43. The molecule has 0 fully saturated rings. The fraction of sp³-hybridized carbons (Fsp3) is 0.115. The molecule has 5 nitrogen and oxygen atoms in total. The second-order valence-corrected chi connectivity index (χ2v) is 7.43. The maximum absolute atomic E-state index is 4.84. The minimum atomic E-state index is 0.616. The maximum Gasteiger partial charge on any atom is 0.227 e. The van der Waals surface area contributed by atoms with E-state index in [0.717, 1.165) is 40.3 Å². The number of hydrogen-bond donors (Lipinski definition) is 3. The number of aryl methyl sites for hydroxylation is 2. The van der Waals surface area contributed by atoms with Crippen LogP contribution in [0.3, 0.4) is 0 Å². The van der Waals surface area contributed by atoms with Crippen LogP contribution in [0.1, 0.15) is 23.6 Å². The van der Waals surface area contributed by atoms with Crippen molar-refractivity contribution in [1.29, 1.82) is 0 Å². The van der Waals surface area contributed by atoms with Crippen molar-refractivity contribution < 1.29 is 0 Å². The third kappa shape index (κ3) is 4.31. The first-order valence-electron chi connectivity index (χ1n) is 10.4. The molecule has 3 N–H and O–H groups in total. The lowest BCUT2D eigenvalue weighted by Gasteiger charge is -2.33. The number of rotatable bonds is 6. The van der Waals surface area contributed by atoms with Gasteiger partial charge in [0.15, 0.2) is 0 Å². The molecule has 0 atom stereocenters. The number of aliphatic imine (C=N–C) groups is 1. The molecule has 1 heterocycles. The summed E-state index contributed by atoms with van der Waals surface area (Å²) in [5, 5.41) is 3.29. The Kier molecular flexibility index (Phi) is 5.76. The van der Waals surface area contributed by atoms with Crippen molar-refractivity contribution in [3.63, 3.8) is 0 Å². The van der Waals surface area contributed by atoms with Gasteiger partial charge in [-0.3, -0.25) is 15.8 Å². The molecule has 3 aromatic carbocycles. The highest BCUT2D eigenvalue weighted by molar-refractivity contribution is 6.12. The summed E-state index contributed by atoms with van der Waals surface area (Å²) in [6.07, 6.45) is 0.984. The smallest absolute Gasteiger partial charge is 0.227 e. The molecule has 0 saturated carbocycles. The number of guanidine groups is 1. The second kappa shape index (κ2) is 8.79. The van der Waals surface area contributed by atoms with E-state index < -0.39 is 0 Å². The Morgan fingerprint density at radius 3 is 2.58 bits per heavy atom. The van der Waals surface area contributed by atoms with E-state index in [1.807, 2.05) is 53.4 Å². The molecule has 0 saturated heterocycles. The van der Waals surface area contributed by atoms with Crippen LogP contribution in [-0.4, -0.2) is 5.96 Å². The van der Waals surface area contributed by atoms with Crippen molar-refractivity contribution in [3.05, 3.63) is 108 Å². The summed E-state index contributed by atoms with van der Waals surface area (Å²) >= 11 is 0. The molecule has 31 heavy (non-hydrogen) atoms. The summed E-state index contributed by atoms with van der Waals surface area (Å²) < 4.78 is 0. The summed E-state index contributed by atoms with van der Waals surface area (Å²) in [6, 6.07) is 24.5. The summed E-state index contributed by atoms with van der Waals surface area (Å²) in [5.74, 6) is 1.24. The van der Waals surface area contributed by atoms with Crippen molar-refractivity contribution in [3.8, 4) is 0 Å². The third-order valence-corrected chi connectivity index (χ3v) is 5.24. The zero-order valence-corrected chi connectivity index (χ0v) is 17.9. The monoisotopic (exact) mass is 409 g/mol. The van der Waals surface area contributed by atoms with Crippen LogP contribution in [0, 0.1) is 6.92 Å². The van der Waals surface area contributed by atoms with Gasteiger partial charge in [-0.1, -0.05) is 68.6 Å². The quantitative estimate of drug-likeness (QED) is 0.456. The summed E-state index contributed by atoms with van der Waals surface area (Å²) in [6.45, 7) is 12.7. The largest absolute Gasteiger partial charge is 0.341 e. The third-order valence-electron chi connectivity index (χ3n) is 5.24. The number of hydrogen-bond acceptors (Lipinski definition) is 5. The molecule has 4 rings (SSSR count). The zero-order valence-electron chi connectivity index (χ0n) is 17.9. The molecule has 0 aliphatic carbocycles. The van der Waals surface area contributed by atoms with Crippen molar-refractivity contribution in [2.24, 2.45) is 4.99 Å². The molecule has 0 amide bonds.